The van der Waals surface area contributed by atoms with E-state index in [1.807, 2.05) is 34.3 Å². The van der Waals surface area contributed by atoms with E-state index < -0.39 is 0 Å². The second-order valence-electron chi connectivity index (χ2n) is 7.66. The van der Waals surface area contributed by atoms with Crippen LogP contribution in [0.2, 0.25) is 0 Å². The molecule has 0 radical (unpaired) electrons. The molecule has 1 unspecified atom stereocenters. The first-order valence-corrected chi connectivity index (χ1v) is 10.0. The van der Waals surface area contributed by atoms with Crippen LogP contribution in [0.4, 0.5) is 0 Å². The van der Waals surface area contributed by atoms with Crippen LogP contribution in [-0.4, -0.2) is 36.2 Å². The third-order valence-electron chi connectivity index (χ3n) is 5.35. The molecule has 7 nitrogen and oxygen atoms in total. The molecule has 0 saturated carbocycles. The summed E-state index contributed by atoms with van der Waals surface area (Å²) in [6.07, 6.45) is 5.66. The molecule has 0 aliphatic rings. The van der Waals surface area contributed by atoms with Gasteiger partial charge in [0.15, 0.2) is 5.65 Å². The number of amides is 1. The fraction of sp³-hybridized carbons (Fsp3) is 0.364. The number of hydrogen-bond donors (Lipinski definition) is 1. The van der Waals surface area contributed by atoms with Crippen LogP contribution in [0.1, 0.15) is 43.6 Å². The predicted molar refractivity (Wildman–Crippen MR) is 113 cm³/mol. The first-order chi connectivity index (χ1) is 14.0. The maximum absolute atomic E-state index is 12.1. The van der Waals surface area contributed by atoms with Gasteiger partial charge in [-0.05, 0) is 44.9 Å². The molecular weight excluding hydrogens is 364 g/mol. The predicted octanol–water partition coefficient (Wildman–Crippen LogP) is 3.51. The summed E-state index contributed by atoms with van der Waals surface area (Å²) in [4.78, 5) is 12.1. The van der Waals surface area contributed by atoms with Crippen molar-refractivity contribution in [1.29, 1.82) is 0 Å². The zero-order valence-electron chi connectivity index (χ0n) is 17.3. The summed E-state index contributed by atoms with van der Waals surface area (Å²) < 4.78 is 3.78. The molecule has 0 saturated heterocycles. The van der Waals surface area contributed by atoms with Crippen molar-refractivity contribution in [2.75, 3.05) is 0 Å². The summed E-state index contributed by atoms with van der Waals surface area (Å²) in [7, 11) is 0. The van der Waals surface area contributed by atoms with Crippen LogP contribution in [0.5, 0.6) is 0 Å². The molecule has 4 rings (SSSR count). The second-order valence-corrected chi connectivity index (χ2v) is 7.66. The fourth-order valence-electron chi connectivity index (χ4n) is 3.45. The Labute approximate surface area is 169 Å². The summed E-state index contributed by atoms with van der Waals surface area (Å²) in [6.45, 7) is 8.24. The van der Waals surface area contributed by atoms with E-state index in [-0.39, 0.29) is 11.9 Å². The molecule has 1 aromatic carbocycles. The maximum atomic E-state index is 12.1. The molecule has 1 atom stereocenters. The van der Waals surface area contributed by atoms with Gasteiger partial charge in [-0.25, -0.2) is 4.52 Å². The number of aromatic nitrogens is 5. The number of benzene rings is 1. The van der Waals surface area contributed by atoms with Gasteiger partial charge in [-0.1, -0.05) is 24.6 Å². The van der Waals surface area contributed by atoms with E-state index in [1.54, 1.807) is 0 Å². The van der Waals surface area contributed by atoms with Gasteiger partial charge in [0.25, 0.3) is 0 Å². The highest BCUT2D eigenvalue weighted by Gasteiger charge is 2.15. The van der Waals surface area contributed by atoms with Crippen molar-refractivity contribution in [3.8, 4) is 11.3 Å². The highest BCUT2D eigenvalue weighted by atomic mass is 16.1. The van der Waals surface area contributed by atoms with Crippen molar-refractivity contribution in [3.05, 3.63) is 53.6 Å². The van der Waals surface area contributed by atoms with Crippen molar-refractivity contribution < 1.29 is 4.79 Å². The lowest BCUT2D eigenvalue weighted by molar-refractivity contribution is -0.121. The van der Waals surface area contributed by atoms with Gasteiger partial charge in [0.1, 0.15) is 11.3 Å². The Bertz CT molecular complexity index is 1190. The number of rotatable bonds is 6. The Hall–Kier alpha value is -3.22. The first kappa shape index (κ1) is 19.1. The summed E-state index contributed by atoms with van der Waals surface area (Å²) >= 11 is 0. The smallest absolute Gasteiger partial charge is 0.220 e. The second kappa shape index (κ2) is 7.66. The Morgan fingerprint density at radius 3 is 2.79 bits per heavy atom. The Morgan fingerprint density at radius 2 is 2.00 bits per heavy atom. The molecule has 0 aliphatic heterocycles. The molecule has 0 bridgehead atoms. The minimum atomic E-state index is 0.0405. The monoisotopic (exact) mass is 390 g/mol. The quantitative estimate of drug-likeness (QED) is 0.547. The van der Waals surface area contributed by atoms with Crippen molar-refractivity contribution in [3.63, 3.8) is 0 Å². The summed E-state index contributed by atoms with van der Waals surface area (Å²) in [5, 5.41) is 16.4. The lowest BCUT2D eigenvalue weighted by Crippen LogP contribution is -2.32. The number of fused-ring (bicyclic) bond motifs is 3. The number of hydrogen-bond acceptors (Lipinski definition) is 4. The fourth-order valence-corrected chi connectivity index (χ4v) is 3.45. The summed E-state index contributed by atoms with van der Waals surface area (Å²) in [5.41, 5.74) is 6.06. The average Bonchev–Trinajstić information content (AvgIpc) is 3.31. The number of nitrogens with one attached hydrogen (secondary N) is 1. The molecule has 3 heterocycles. The highest BCUT2D eigenvalue weighted by molar-refractivity contribution is 5.78. The van der Waals surface area contributed by atoms with Crippen LogP contribution in [0.3, 0.4) is 0 Å². The van der Waals surface area contributed by atoms with Crippen molar-refractivity contribution >= 4 is 17.1 Å². The van der Waals surface area contributed by atoms with Crippen LogP contribution in [0.25, 0.3) is 22.4 Å². The molecule has 0 spiro atoms. The zero-order chi connectivity index (χ0) is 20.5. The van der Waals surface area contributed by atoms with Gasteiger partial charge in [0, 0.05) is 36.8 Å². The molecule has 0 aliphatic carbocycles. The van der Waals surface area contributed by atoms with Gasteiger partial charge in [0.05, 0.1) is 5.69 Å². The van der Waals surface area contributed by atoms with Crippen LogP contribution in [0, 0.1) is 13.8 Å². The van der Waals surface area contributed by atoms with Gasteiger partial charge in [-0.2, -0.15) is 5.10 Å². The van der Waals surface area contributed by atoms with Crippen molar-refractivity contribution in [2.45, 2.75) is 53.0 Å². The van der Waals surface area contributed by atoms with E-state index in [0.717, 1.165) is 34.7 Å². The van der Waals surface area contributed by atoms with Gasteiger partial charge in [-0.15, -0.1) is 10.2 Å². The topological polar surface area (TPSA) is 76.6 Å². The van der Waals surface area contributed by atoms with E-state index >= 15 is 0 Å². The highest BCUT2D eigenvalue weighted by Crippen LogP contribution is 2.26. The number of carbonyl (C=O) groups excluding carboxylic acids is 1. The van der Waals surface area contributed by atoms with E-state index in [2.05, 4.69) is 54.5 Å². The van der Waals surface area contributed by atoms with Crippen molar-refractivity contribution in [2.24, 2.45) is 0 Å². The molecule has 7 heteroatoms. The summed E-state index contributed by atoms with van der Waals surface area (Å²) in [5.74, 6) is 0.815. The Morgan fingerprint density at radius 1 is 1.17 bits per heavy atom. The third kappa shape index (κ3) is 3.72. The summed E-state index contributed by atoms with van der Waals surface area (Å²) in [6, 6.07) is 8.61. The van der Waals surface area contributed by atoms with Crippen molar-refractivity contribution in [1.82, 2.24) is 29.5 Å². The maximum Gasteiger partial charge on any atom is 0.220 e. The number of aryl methyl sites for hydroxylation is 3. The third-order valence-corrected chi connectivity index (χ3v) is 5.35. The van der Waals surface area contributed by atoms with Gasteiger partial charge in [0.2, 0.25) is 5.91 Å². The van der Waals surface area contributed by atoms with Crippen LogP contribution in [0.15, 0.2) is 36.7 Å². The van der Waals surface area contributed by atoms with E-state index in [0.29, 0.717) is 12.8 Å². The van der Waals surface area contributed by atoms with Crippen LogP contribution >= 0.6 is 0 Å². The van der Waals surface area contributed by atoms with Crippen LogP contribution < -0.4 is 5.32 Å². The molecule has 3 aromatic heterocycles. The molecule has 29 heavy (non-hydrogen) atoms. The lowest BCUT2D eigenvalue weighted by atomic mass is 10.0. The average molecular weight is 390 g/mol. The van der Waals surface area contributed by atoms with Crippen LogP contribution in [-0.2, 0) is 11.2 Å². The van der Waals surface area contributed by atoms with Gasteiger partial charge in [-0.3, -0.25) is 9.20 Å². The lowest BCUT2D eigenvalue weighted by Gasteiger charge is -2.10. The van der Waals surface area contributed by atoms with E-state index in [4.69, 9.17) is 5.10 Å². The minimum Gasteiger partial charge on any atom is -0.354 e. The number of nitrogens with zero attached hydrogens (tertiary/aromatic N) is 5. The molecule has 1 N–H and O–H groups in total. The molecule has 150 valence electrons. The number of carbonyl (C=O) groups is 1. The molecule has 4 aromatic rings. The normalized spacial score (nSPS) is 12.6. The van der Waals surface area contributed by atoms with Gasteiger partial charge >= 0.3 is 0 Å². The van der Waals surface area contributed by atoms with E-state index in [1.165, 1.54) is 11.1 Å². The Kier molecular flexibility index (Phi) is 5.05. The minimum absolute atomic E-state index is 0.0405. The SMILES string of the molecule is CCC(C)NC(=O)CCc1nnc2c3cc(-c4cc(C)ccc4C)nn3ccn12. The first-order valence-electron chi connectivity index (χ1n) is 10.0. The largest absolute Gasteiger partial charge is 0.354 e. The zero-order valence-corrected chi connectivity index (χ0v) is 17.3. The van der Waals surface area contributed by atoms with E-state index in [9.17, 15) is 4.79 Å². The molecule has 1 amide bonds. The standard InChI is InChI=1S/C22H26N6O/c1-5-16(4)23-21(29)9-8-20-24-25-22-19-13-18(26-28(19)11-10-27(20)22)17-12-14(2)6-7-15(17)3/h6-7,10-13,16H,5,8-9H2,1-4H3,(H,23,29). The molecule has 0 fully saturated rings. The molecular formula is C22H26N6O. The Balaban J connectivity index is 1.64. The van der Waals surface area contributed by atoms with Gasteiger partial charge < -0.3 is 5.32 Å².